The number of carbonyl (C=O) groups is 2. The molecule has 0 saturated heterocycles. The van der Waals surface area contributed by atoms with Gasteiger partial charge in [-0.2, -0.15) is 0 Å². The lowest BCUT2D eigenvalue weighted by molar-refractivity contribution is 0.0977. The number of ketones is 2. The van der Waals surface area contributed by atoms with Gasteiger partial charge in [-0.15, -0.1) is 0 Å². The van der Waals surface area contributed by atoms with E-state index in [1.54, 1.807) is 42.5 Å². The van der Waals surface area contributed by atoms with E-state index in [2.05, 4.69) is 0 Å². The largest absolute Gasteiger partial charge is 0.392 e. The van der Waals surface area contributed by atoms with Crippen LogP contribution in [0.3, 0.4) is 0 Å². The first kappa shape index (κ1) is 10.9. The Morgan fingerprint density at radius 3 is 2.06 bits per heavy atom. The smallest absolute Gasteiger partial charge is 0.194 e. The normalized spacial score (nSPS) is 13.2. The third-order valence-electron chi connectivity index (χ3n) is 3.21. The number of carbonyl (C=O) groups excluding carboxylic acids is 2. The Morgan fingerprint density at radius 1 is 0.778 bits per heavy atom. The minimum absolute atomic E-state index is 0.157. The highest BCUT2D eigenvalue weighted by molar-refractivity contribution is 6.28. The summed E-state index contributed by atoms with van der Waals surface area (Å²) in [4.78, 5) is 24.7. The molecule has 1 N–H and O–H groups in total. The summed E-state index contributed by atoms with van der Waals surface area (Å²) < 4.78 is 0. The molecule has 18 heavy (non-hydrogen) atoms. The highest BCUT2D eigenvalue weighted by Gasteiger charge is 2.30. The maximum atomic E-state index is 12.4. The van der Waals surface area contributed by atoms with Crippen molar-refractivity contribution in [2.45, 2.75) is 6.61 Å². The zero-order chi connectivity index (χ0) is 12.7. The van der Waals surface area contributed by atoms with Gasteiger partial charge in [0.15, 0.2) is 11.6 Å². The summed E-state index contributed by atoms with van der Waals surface area (Å²) in [6.07, 6.45) is 0. The van der Waals surface area contributed by atoms with Gasteiger partial charge >= 0.3 is 0 Å². The van der Waals surface area contributed by atoms with E-state index in [9.17, 15) is 14.7 Å². The van der Waals surface area contributed by atoms with Crippen molar-refractivity contribution in [2.75, 3.05) is 0 Å². The fourth-order valence-corrected chi connectivity index (χ4v) is 2.35. The molecule has 0 atom stereocenters. The van der Waals surface area contributed by atoms with E-state index in [-0.39, 0.29) is 18.2 Å². The van der Waals surface area contributed by atoms with E-state index < -0.39 is 0 Å². The van der Waals surface area contributed by atoms with Crippen LogP contribution in [0.2, 0.25) is 0 Å². The molecule has 0 aliphatic heterocycles. The molecule has 0 bridgehead atoms. The van der Waals surface area contributed by atoms with Crippen molar-refractivity contribution < 1.29 is 14.7 Å². The van der Waals surface area contributed by atoms with Gasteiger partial charge in [0.1, 0.15) is 0 Å². The number of fused-ring (bicyclic) bond motifs is 2. The van der Waals surface area contributed by atoms with Crippen LogP contribution in [0.1, 0.15) is 37.4 Å². The molecule has 0 spiro atoms. The summed E-state index contributed by atoms with van der Waals surface area (Å²) in [5, 5.41) is 9.28. The summed E-state index contributed by atoms with van der Waals surface area (Å²) in [7, 11) is 0. The first-order valence-corrected chi connectivity index (χ1v) is 5.65. The molecule has 0 fully saturated rings. The first-order valence-electron chi connectivity index (χ1n) is 5.65. The quantitative estimate of drug-likeness (QED) is 0.705. The van der Waals surface area contributed by atoms with Crippen molar-refractivity contribution in [3.63, 3.8) is 0 Å². The number of rotatable bonds is 1. The molecular weight excluding hydrogens is 228 g/mol. The zero-order valence-corrected chi connectivity index (χ0v) is 9.51. The number of aliphatic hydroxyl groups is 1. The molecule has 2 aromatic rings. The summed E-state index contributed by atoms with van der Waals surface area (Å²) in [5.74, 6) is -0.347. The molecule has 3 rings (SSSR count). The van der Waals surface area contributed by atoms with Crippen LogP contribution in [0.25, 0.3) is 0 Å². The van der Waals surface area contributed by atoms with Gasteiger partial charge in [-0.25, -0.2) is 0 Å². The summed E-state index contributed by atoms with van der Waals surface area (Å²) in [5.41, 5.74) is 2.07. The summed E-state index contributed by atoms with van der Waals surface area (Å²) >= 11 is 0. The molecule has 3 nitrogen and oxygen atoms in total. The molecule has 0 radical (unpaired) electrons. The lowest BCUT2D eigenvalue weighted by atomic mass is 9.82. The second-order valence-electron chi connectivity index (χ2n) is 4.20. The SMILES string of the molecule is O=C1c2ccccc2C(=O)c2c(CO)cccc21. The first-order chi connectivity index (χ1) is 8.74. The molecule has 0 heterocycles. The highest BCUT2D eigenvalue weighted by atomic mass is 16.3. The van der Waals surface area contributed by atoms with Gasteiger partial charge in [-0.1, -0.05) is 42.5 Å². The number of benzene rings is 2. The third-order valence-corrected chi connectivity index (χ3v) is 3.21. The molecule has 1 aliphatic carbocycles. The van der Waals surface area contributed by atoms with Crippen molar-refractivity contribution in [3.05, 3.63) is 70.3 Å². The number of hydrogen-bond acceptors (Lipinski definition) is 3. The van der Waals surface area contributed by atoms with Crippen LogP contribution in [0, 0.1) is 0 Å². The molecule has 0 amide bonds. The van der Waals surface area contributed by atoms with Crippen molar-refractivity contribution in [2.24, 2.45) is 0 Å². The van der Waals surface area contributed by atoms with Crippen LogP contribution in [0.5, 0.6) is 0 Å². The standard InChI is InChI=1S/C15H10O3/c16-8-9-4-3-7-12-13(9)15(18)11-6-2-1-5-10(11)14(12)17/h1-7,16H,8H2. The lowest BCUT2D eigenvalue weighted by Crippen LogP contribution is -2.22. The van der Waals surface area contributed by atoms with Crippen molar-refractivity contribution in [3.8, 4) is 0 Å². The average Bonchev–Trinajstić information content (AvgIpc) is 2.44. The number of hydrogen-bond donors (Lipinski definition) is 1. The van der Waals surface area contributed by atoms with Crippen LogP contribution >= 0.6 is 0 Å². The van der Waals surface area contributed by atoms with E-state index in [0.29, 0.717) is 27.8 Å². The van der Waals surface area contributed by atoms with Crippen molar-refractivity contribution >= 4 is 11.6 Å². The van der Waals surface area contributed by atoms with E-state index in [4.69, 9.17) is 0 Å². The fraction of sp³-hybridized carbons (Fsp3) is 0.0667. The molecule has 0 aromatic heterocycles. The monoisotopic (exact) mass is 238 g/mol. The lowest BCUT2D eigenvalue weighted by Gasteiger charge is -2.19. The second kappa shape index (κ2) is 3.89. The average molecular weight is 238 g/mol. The predicted molar refractivity (Wildman–Crippen MR) is 65.7 cm³/mol. The summed E-state index contributed by atoms with van der Waals surface area (Å²) in [6, 6.07) is 11.8. The van der Waals surface area contributed by atoms with Crippen molar-refractivity contribution in [1.82, 2.24) is 0 Å². The van der Waals surface area contributed by atoms with Gasteiger partial charge < -0.3 is 5.11 Å². The van der Waals surface area contributed by atoms with Crippen LogP contribution in [-0.4, -0.2) is 16.7 Å². The van der Waals surface area contributed by atoms with Gasteiger partial charge in [-0.05, 0) is 5.56 Å². The Labute approximate surface area is 104 Å². The Hall–Kier alpha value is -2.26. The zero-order valence-electron chi connectivity index (χ0n) is 9.51. The van der Waals surface area contributed by atoms with Gasteiger partial charge in [-0.3, -0.25) is 9.59 Å². The topological polar surface area (TPSA) is 54.4 Å². The maximum Gasteiger partial charge on any atom is 0.194 e. The molecule has 0 unspecified atom stereocenters. The van der Waals surface area contributed by atoms with Gasteiger partial charge in [0.2, 0.25) is 0 Å². The van der Waals surface area contributed by atoms with Gasteiger partial charge in [0, 0.05) is 22.3 Å². The molecular formula is C15H10O3. The maximum absolute atomic E-state index is 12.4. The van der Waals surface area contributed by atoms with Crippen molar-refractivity contribution in [1.29, 1.82) is 0 Å². The molecule has 1 aliphatic rings. The van der Waals surface area contributed by atoms with Gasteiger partial charge in [0.05, 0.1) is 6.61 Å². The fourth-order valence-electron chi connectivity index (χ4n) is 2.35. The molecule has 88 valence electrons. The van der Waals surface area contributed by atoms with E-state index in [0.717, 1.165) is 0 Å². The molecule has 2 aromatic carbocycles. The summed E-state index contributed by atoms with van der Waals surface area (Å²) in [6.45, 7) is -0.246. The number of aliphatic hydroxyl groups excluding tert-OH is 1. The third kappa shape index (κ3) is 1.34. The predicted octanol–water partition coefficient (Wildman–Crippen LogP) is 1.95. The Bertz CT molecular complexity index is 671. The van der Waals surface area contributed by atoms with Gasteiger partial charge in [0.25, 0.3) is 0 Å². The highest BCUT2D eigenvalue weighted by Crippen LogP contribution is 2.29. The van der Waals surface area contributed by atoms with Crippen LogP contribution in [-0.2, 0) is 6.61 Å². The molecule has 0 saturated carbocycles. The van der Waals surface area contributed by atoms with Crippen LogP contribution in [0.4, 0.5) is 0 Å². The minimum Gasteiger partial charge on any atom is -0.392 e. The minimum atomic E-state index is -0.246. The van der Waals surface area contributed by atoms with Crippen LogP contribution in [0.15, 0.2) is 42.5 Å². The van der Waals surface area contributed by atoms with E-state index in [1.807, 2.05) is 0 Å². The van der Waals surface area contributed by atoms with E-state index in [1.165, 1.54) is 0 Å². The van der Waals surface area contributed by atoms with E-state index >= 15 is 0 Å². The van der Waals surface area contributed by atoms with Crippen LogP contribution < -0.4 is 0 Å². The Kier molecular flexibility index (Phi) is 2.35. The Morgan fingerprint density at radius 2 is 1.39 bits per heavy atom. The second-order valence-corrected chi connectivity index (χ2v) is 4.20. The Balaban J connectivity index is 2.34. The molecule has 3 heteroatoms.